The lowest BCUT2D eigenvalue weighted by Gasteiger charge is -2.24. The molecule has 0 radical (unpaired) electrons. The van der Waals surface area contributed by atoms with E-state index in [2.05, 4.69) is 10.6 Å². The Morgan fingerprint density at radius 2 is 1.62 bits per heavy atom. The molecule has 2 aromatic rings. The molecule has 10 nitrogen and oxygen atoms in total. The van der Waals surface area contributed by atoms with E-state index in [0.717, 1.165) is 5.56 Å². The van der Waals surface area contributed by atoms with E-state index < -0.39 is 35.0 Å². The van der Waals surface area contributed by atoms with Gasteiger partial charge in [0.25, 0.3) is 5.69 Å². The summed E-state index contributed by atoms with van der Waals surface area (Å²) < 4.78 is 5.14. The average Bonchev–Trinajstić information content (AvgIpc) is 2.76. The van der Waals surface area contributed by atoms with Crippen LogP contribution in [0.3, 0.4) is 0 Å². The first-order valence-electron chi connectivity index (χ1n) is 9.91. The van der Waals surface area contributed by atoms with Crippen molar-refractivity contribution in [1.82, 2.24) is 10.6 Å². The third-order valence-corrected chi connectivity index (χ3v) is 4.64. The van der Waals surface area contributed by atoms with Gasteiger partial charge in [-0.15, -0.1) is 0 Å². The monoisotopic (exact) mass is 443 g/mol. The predicted molar refractivity (Wildman–Crippen MR) is 115 cm³/mol. The normalized spacial score (nSPS) is 12.5. The highest BCUT2D eigenvalue weighted by Gasteiger charge is 2.29. The summed E-state index contributed by atoms with van der Waals surface area (Å²) in [6, 6.07) is 12.1. The number of alkyl carbamates (subject to hydrolysis) is 1. The van der Waals surface area contributed by atoms with Crippen LogP contribution in [0.1, 0.15) is 25.0 Å². The van der Waals surface area contributed by atoms with Gasteiger partial charge in [-0.2, -0.15) is 0 Å². The molecule has 2 rings (SSSR count). The molecule has 10 heteroatoms. The summed E-state index contributed by atoms with van der Waals surface area (Å²) in [7, 11) is 0. The number of ether oxygens (including phenoxy) is 1. The zero-order valence-electron chi connectivity index (χ0n) is 17.7. The molecule has 2 aromatic carbocycles. The second-order valence-electron chi connectivity index (χ2n) is 7.45. The maximum Gasteiger partial charge on any atom is 0.408 e. The zero-order chi connectivity index (χ0) is 23.7. The molecule has 0 aromatic heterocycles. The lowest BCUT2D eigenvalue weighted by Crippen LogP contribution is -2.54. The summed E-state index contributed by atoms with van der Waals surface area (Å²) in [4.78, 5) is 46.7. The predicted octanol–water partition coefficient (Wildman–Crippen LogP) is 2.66. The Bertz CT molecular complexity index is 946. The van der Waals surface area contributed by atoms with Gasteiger partial charge in [-0.05, 0) is 17.0 Å². The number of hydrogen-bond acceptors (Lipinski definition) is 6. The standard InChI is InChI=1S/C22H25N3O7/c1-14(2)19(24-22(29)32-13-16-6-4-3-5-7-16)20(26)23-18(21(27)28)12-15-8-10-17(11-9-15)25(30)31/h3-11,14,18-19H,12-13H2,1-2H3,(H,23,26)(H,24,29)(H,27,28)/t18-,19-/m0/s1. The van der Waals surface area contributed by atoms with Crippen LogP contribution in [0.25, 0.3) is 0 Å². The summed E-state index contributed by atoms with van der Waals surface area (Å²) >= 11 is 0. The number of aliphatic carboxylic acids is 1. The molecule has 0 saturated carbocycles. The first-order chi connectivity index (χ1) is 15.2. The summed E-state index contributed by atoms with van der Waals surface area (Å²) in [5.74, 6) is -2.29. The van der Waals surface area contributed by atoms with Gasteiger partial charge < -0.3 is 20.5 Å². The number of carboxylic acid groups (broad SMARTS) is 1. The van der Waals surface area contributed by atoms with Crippen molar-refractivity contribution < 1.29 is 29.2 Å². The van der Waals surface area contributed by atoms with Crippen LogP contribution in [0, 0.1) is 16.0 Å². The van der Waals surface area contributed by atoms with E-state index >= 15 is 0 Å². The van der Waals surface area contributed by atoms with Crippen LogP contribution >= 0.6 is 0 Å². The topological polar surface area (TPSA) is 148 Å². The second-order valence-corrected chi connectivity index (χ2v) is 7.45. The van der Waals surface area contributed by atoms with Crippen molar-refractivity contribution in [3.63, 3.8) is 0 Å². The summed E-state index contributed by atoms with van der Waals surface area (Å²) in [6.45, 7) is 3.43. The first-order valence-corrected chi connectivity index (χ1v) is 9.91. The van der Waals surface area contributed by atoms with Crippen LogP contribution < -0.4 is 10.6 Å². The largest absolute Gasteiger partial charge is 0.480 e. The van der Waals surface area contributed by atoms with E-state index in [1.807, 2.05) is 6.07 Å². The minimum Gasteiger partial charge on any atom is -0.480 e. The quantitative estimate of drug-likeness (QED) is 0.378. The minimum absolute atomic E-state index is 0.0248. The fourth-order valence-corrected chi connectivity index (χ4v) is 2.88. The molecule has 0 fully saturated rings. The summed E-state index contributed by atoms with van der Waals surface area (Å²) in [6.07, 6.45) is -0.882. The number of nitrogens with one attached hydrogen (secondary N) is 2. The van der Waals surface area contributed by atoms with Gasteiger partial charge in [0.2, 0.25) is 5.91 Å². The SMILES string of the molecule is CC(C)[C@H](NC(=O)OCc1ccccc1)C(=O)N[C@@H](Cc1ccc([N+](=O)[O-])cc1)C(=O)O. The van der Waals surface area contributed by atoms with Gasteiger partial charge in [0.1, 0.15) is 18.7 Å². The van der Waals surface area contributed by atoms with E-state index in [9.17, 15) is 29.6 Å². The zero-order valence-corrected chi connectivity index (χ0v) is 17.7. The van der Waals surface area contributed by atoms with E-state index in [1.165, 1.54) is 24.3 Å². The molecule has 0 aliphatic heterocycles. The Hall–Kier alpha value is -3.95. The smallest absolute Gasteiger partial charge is 0.408 e. The maximum atomic E-state index is 12.7. The highest BCUT2D eigenvalue weighted by Crippen LogP contribution is 2.14. The molecule has 2 atom stereocenters. The van der Waals surface area contributed by atoms with Crippen molar-refractivity contribution in [2.24, 2.45) is 5.92 Å². The number of amides is 2. The number of nitro groups is 1. The van der Waals surface area contributed by atoms with Crippen LogP contribution in [0.4, 0.5) is 10.5 Å². The second kappa shape index (κ2) is 11.4. The molecular formula is C22H25N3O7. The van der Waals surface area contributed by atoms with Gasteiger partial charge in [-0.1, -0.05) is 56.3 Å². The van der Waals surface area contributed by atoms with Gasteiger partial charge in [0.05, 0.1) is 4.92 Å². The van der Waals surface area contributed by atoms with Crippen LogP contribution in [-0.4, -0.2) is 40.1 Å². The van der Waals surface area contributed by atoms with Gasteiger partial charge in [0.15, 0.2) is 0 Å². The first kappa shape index (κ1) is 24.3. The molecule has 2 amide bonds. The molecule has 0 heterocycles. The van der Waals surface area contributed by atoms with E-state index in [0.29, 0.717) is 5.56 Å². The van der Waals surface area contributed by atoms with Gasteiger partial charge in [0, 0.05) is 18.6 Å². The van der Waals surface area contributed by atoms with E-state index in [-0.39, 0.29) is 24.6 Å². The Morgan fingerprint density at radius 3 is 2.16 bits per heavy atom. The third kappa shape index (κ3) is 7.38. The Labute approximate surface area is 184 Å². The highest BCUT2D eigenvalue weighted by atomic mass is 16.6. The molecular weight excluding hydrogens is 418 g/mol. The Morgan fingerprint density at radius 1 is 1.00 bits per heavy atom. The van der Waals surface area contributed by atoms with Crippen molar-refractivity contribution in [2.75, 3.05) is 0 Å². The van der Waals surface area contributed by atoms with Crippen molar-refractivity contribution in [3.8, 4) is 0 Å². The van der Waals surface area contributed by atoms with Crippen molar-refractivity contribution >= 4 is 23.7 Å². The molecule has 32 heavy (non-hydrogen) atoms. The van der Waals surface area contributed by atoms with Crippen LogP contribution in [-0.2, 0) is 27.4 Å². The van der Waals surface area contributed by atoms with Gasteiger partial charge in [-0.25, -0.2) is 9.59 Å². The molecule has 0 saturated heterocycles. The van der Waals surface area contributed by atoms with E-state index in [4.69, 9.17) is 4.74 Å². The average molecular weight is 443 g/mol. The summed E-state index contributed by atoms with van der Waals surface area (Å²) in [5.41, 5.74) is 1.16. The molecule has 0 aliphatic carbocycles. The fraction of sp³-hybridized carbons (Fsp3) is 0.318. The number of hydrogen-bond donors (Lipinski definition) is 3. The molecule has 170 valence electrons. The lowest BCUT2D eigenvalue weighted by molar-refractivity contribution is -0.384. The molecule has 3 N–H and O–H groups in total. The van der Waals surface area contributed by atoms with Crippen LogP contribution in [0.2, 0.25) is 0 Å². The Balaban J connectivity index is 1.99. The van der Waals surface area contributed by atoms with Crippen molar-refractivity contribution in [3.05, 3.63) is 75.8 Å². The van der Waals surface area contributed by atoms with Crippen LogP contribution in [0.5, 0.6) is 0 Å². The summed E-state index contributed by atoms with van der Waals surface area (Å²) in [5, 5.41) is 25.1. The van der Waals surface area contributed by atoms with Gasteiger partial charge >= 0.3 is 12.1 Å². The minimum atomic E-state index is -1.28. The third-order valence-electron chi connectivity index (χ3n) is 4.64. The molecule has 0 unspecified atom stereocenters. The van der Waals surface area contributed by atoms with Crippen molar-refractivity contribution in [1.29, 1.82) is 0 Å². The number of carboxylic acids is 1. The maximum absolute atomic E-state index is 12.7. The molecule has 0 bridgehead atoms. The number of benzene rings is 2. The molecule has 0 aliphatic rings. The number of carbonyl (C=O) groups is 3. The number of nitrogens with zero attached hydrogens (tertiary/aromatic N) is 1. The number of carbonyl (C=O) groups excluding carboxylic acids is 2. The highest BCUT2D eigenvalue weighted by molar-refractivity contribution is 5.89. The number of non-ortho nitro benzene ring substituents is 1. The lowest BCUT2D eigenvalue weighted by atomic mass is 10.0. The van der Waals surface area contributed by atoms with Gasteiger partial charge in [-0.3, -0.25) is 14.9 Å². The van der Waals surface area contributed by atoms with Crippen molar-refractivity contribution in [2.45, 2.75) is 39.0 Å². The molecule has 0 spiro atoms. The van der Waals surface area contributed by atoms with Crippen LogP contribution in [0.15, 0.2) is 54.6 Å². The number of rotatable bonds is 10. The fourth-order valence-electron chi connectivity index (χ4n) is 2.88. The Kier molecular flexibility index (Phi) is 8.70. The number of nitro benzene ring substituents is 1. The van der Waals surface area contributed by atoms with E-state index in [1.54, 1.807) is 38.1 Å².